The number of benzene rings is 1. The number of nitrogens with zero attached hydrogens (tertiary/aromatic N) is 2. The fourth-order valence-corrected chi connectivity index (χ4v) is 2.91. The highest BCUT2D eigenvalue weighted by atomic mass is 79.9. The Labute approximate surface area is 130 Å². The third-order valence-corrected chi connectivity index (χ3v) is 4.25. The number of carbonyl (C=O) groups is 1. The largest absolute Gasteiger partial charge is 0.506 e. The average molecular weight is 351 g/mol. The first-order valence-corrected chi connectivity index (χ1v) is 7.51. The van der Waals surface area contributed by atoms with E-state index in [4.69, 9.17) is 4.42 Å². The van der Waals surface area contributed by atoms with E-state index >= 15 is 0 Å². The minimum atomic E-state index is -0.0347. The molecule has 0 unspecified atom stereocenters. The van der Waals surface area contributed by atoms with E-state index in [2.05, 4.69) is 20.8 Å². The van der Waals surface area contributed by atoms with Crippen LogP contribution in [-0.2, 0) is 0 Å². The van der Waals surface area contributed by atoms with Crippen molar-refractivity contribution < 1.29 is 14.3 Å². The highest BCUT2D eigenvalue weighted by Crippen LogP contribution is 2.27. The van der Waals surface area contributed by atoms with Crippen molar-refractivity contribution in [1.29, 1.82) is 0 Å². The zero-order valence-electron chi connectivity index (χ0n) is 11.3. The molecule has 0 bridgehead atoms. The van der Waals surface area contributed by atoms with Gasteiger partial charge in [0.15, 0.2) is 4.67 Å². The number of phenols is 1. The number of hydrogen-bond donors (Lipinski definition) is 1. The zero-order chi connectivity index (χ0) is 14.8. The standard InChI is InChI=1S/C15H15BrN2O3/c16-14-11(5-10-21-14)15(20)18-8-6-17(7-9-18)12-3-1-2-4-13(12)19/h1-5,10,19H,6-9H2. The van der Waals surface area contributed by atoms with E-state index in [1.165, 1.54) is 6.26 Å². The van der Waals surface area contributed by atoms with Crippen molar-refractivity contribution in [2.45, 2.75) is 0 Å². The summed E-state index contributed by atoms with van der Waals surface area (Å²) in [7, 11) is 0. The van der Waals surface area contributed by atoms with Crippen molar-refractivity contribution in [2.75, 3.05) is 31.1 Å². The molecule has 1 aliphatic heterocycles. The Hall–Kier alpha value is -1.95. The summed E-state index contributed by atoms with van der Waals surface area (Å²) in [6.07, 6.45) is 1.50. The van der Waals surface area contributed by atoms with Gasteiger partial charge >= 0.3 is 0 Å². The number of amides is 1. The third-order valence-electron chi connectivity index (χ3n) is 3.64. The fraction of sp³-hybridized carbons (Fsp3) is 0.267. The molecule has 1 amide bonds. The van der Waals surface area contributed by atoms with E-state index in [0.29, 0.717) is 36.4 Å². The first-order valence-electron chi connectivity index (χ1n) is 6.72. The topological polar surface area (TPSA) is 56.9 Å². The number of halogens is 1. The second-order valence-electron chi connectivity index (χ2n) is 4.88. The van der Waals surface area contributed by atoms with Crippen LogP contribution in [0.2, 0.25) is 0 Å². The van der Waals surface area contributed by atoms with Gasteiger partial charge in [-0.3, -0.25) is 4.79 Å². The summed E-state index contributed by atoms with van der Waals surface area (Å²) < 4.78 is 5.58. The van der Waals surface area contributed by atoms with Crippen LogP contribution in [-0.4, -0.2) is 42.1 Å². The van der Waals surface area contributed by atoms with E-state index in [1.54, 1.807) is 23.1 Å². The van der Waals surface area contributed by atoms with Gasteiger partial charge in [-0.2, -0.15) is 0 Å². The summed E-state index contributed by atoms with van der Waals surface area (Å²) in [5.74, 6) is 0.238. The molecule has 2 aromatic rings. The van der Waals surface area contributed by atoms with Gasteiger partial charge in [0.05, 0.1) is 17.5 Å². The SMILES string of the molecule is O=C(c1ccoc1Br)N1CCN(c2ccccc2O)CC1. The maximum Gasteiger partial charge on any atom is 0.258 e. The van der Waals surface area contributed by atoms with Crippen molar-refractivity contribution in [3.05, 3.63) is 46.8 Å². The maximum absolute atomic E-state index is 12.4. The maximum atomic E-state index is 12.4. The molecular weight excluding hydrogens is 336 g/mol. The Morgan fingerprint density at radius 1 is 1.14 bits per heavy atom. The van der Waals surface area contributed by atoms with Crippen LogP contribution in [0.25, 0.3) is 0 Å². The minimum Gasteiger partial charge on any atom is -0.506 e. The van der Waals surface area contributed by atoms with Crippen LogP contribution in [0, 0.1) is 0 Å². The molecule has 0 radical (unpaired) electrons. The summed E-state index contributed by atoms with van der Waals surface area (Å²) >= 11 is 3.23. The zero-order valence-corrected chi connectivity index (χ0v) is 12.9. The van der Waals surface area contributed by atoms with Gasteiger partial charge in [-0.25, -0.2) is 0 Å². The normalized spacial score (nSPS) is 15.3. The molecule has 1 aromatic heterocycles. The average Bonchev–Trinajstić information content (AvgIpc) is 2.93. The van der Waals surface area contributed by atoms with Crippen LogP contribution in [0.4, 0.5) is 5.69 Å². The van der Waals surface area contributed by atoms with Gasteiger partial charge in [0.25, 0.3) is 5.91 Å². The second-order valence-corrected chi connectivity index (χ2v) is 5.60. The van der Waals surface area contributed by atoms with E-state index in [1.807, 2.05) is 12.1 Å². The van der Waals surface area contributed by atoms with Gasteiger partial charge in [-0.15, -0.1) is 0 Å². The molecule has 110 valence electrons. The number of piperazine rings is 1. The molecule has 0 spiro atoms. The van der Waals surface area contributed by atoms with Gasteiger partial charge in [0, 0.05) is 26.2 Å². The Bertz CT molecular complexity index is 648. The van der Waals surface area contributed by atoms with Gasteiger partial charge in [0.2, 0.25) is 0 Å². The lowest BCUT2D eigenvalue weighted by Gasteiger charge is -2.36. The molecule has 0 atom stereocenters. The van der Waals surface area contributed by atoms with Crippen molar-refractivity contribution in [3.8, 4) is 5.75 Å². The number of rotatable bonds is 2. The van der Waals surface area contributed by atoms with Crippen molar-refractivity contribution >= 4 is 27.5 Å². The van der Waals surface area contributed by atoms with Gasteiger partial charge in [-0.05, 0) is 34.1 Å². The molecule has 21 heavy (non-hydrogen) atoms. The van der Waals surface area contributed by atoms with E-state index in [0.717, 1.165) is 5.69 Å². The van der Waals surface area contributed by atoms with E-state index < -0.39 is 0 Å². The third kappa shape index (κ3) is 2.76. The van der Waals surface area contributed by atoms with E-state index in [9.17, 15) is 9.90 Å². The molecule has 5 nitrogen and oxygen atoms in total. The Morgan fingerprint density at radius 2 is 1.86 bits per heavy atom. The quantitative estimate of drug-likeness (QED) is 0.904. The number of para-hydroxylation sites is 2. The predicted molar refractivity (Wildman–Crippen MR) is 82.6 cm³/mol. The lowest BCUT2D eigenvalue weighted by atomic mass is 10.2. The number of phenolic OH excluding ortho intramolecular Hbond substituents is 1. The monoisotopic (exact) mass is 350 g/mol. The molecule has 1 fully saturated rings. The highest BCUT2D eigenvalue weighted by Gasteiger charge is 2.25. The van der Waals surface area contributed by atoms with Crippen LogP contribution in [0.5, 0.6) is 5.75 Å². The molecule has 0 aliphatic carbocycles. The second kappa shape index (κ2) is 5.81. The summed E-state index contributed by atoms with van der Waals surface area (Å²) in [5.41, 5.74) is 1.36. The van der Waals surface area contributed by atoms with Gasteiger partial charge < -0.3 is 19.3 Å². The van der Waals surface area contributed by atoms with Gasteiger partial charge in [-0.1, -0.05) is 12.1 Å². The molecule has 6 heteroatoms. The minimum absolute atomic E-state index is 0.0347. The first kappa shape index (κ1) is 14.0. The molecule has 0 saturated carbocycles. The number of carbonyl (C=O) groups excluding carboxylic acids is 1. The van der Waals surface area contributed by atoms with Crippen LogP contribution in [0.3, 0.4) is 0 Å². The van der Waals surface area contributed by atoms with Crippen LogP contribution in [0.15, 0.2) is 45.7 Å². The van der Waals surface area contributed by atoms with Crippen LogP contribution >= 0.6 is 15.9 Å². The van der Waals surface area contributed by atoms with Crippen molar-refractivity contribution in [1.82, 2.24) is 4.90 Å². The lowest BCUT2D eigenvalue weighted by molar-refractivity contribution is 0.0744. The molecule has 2 heterocycles. The number of anilines is 1. The van der Waals surface area contributed by atoms with Gasteiger partial charge in [0.1, 0.15) is 5.75 Å². The smallest absolute Gasteiger partial charge is 0.258 e. The Kier molecular flexibility index (Phi) is 3.88. The number of hydrogen-bond acceptors (Lipinski definition) is 4. The summed E-state index contributed by atoms with van der Waals surface area (Å²) in [6.45, 7) is 2.62. The van der Waals surface area contributed by atoms with Crippen molar-refractivity contribution in [2.24, 2.45) is 0 Å². The predicted octanol–water partition coefficient (Wildman–Crippen LogP) is 2.71. The molecule has 1 saturated heterocycles. The highest BCUT2D eigenvalue weighted by molar-refractivity contribution is 9.10. The first-order chi connectivity index (χ1) is 10.2. The molecule has 1 N–H and O–H groups in total. The summed E-state index contributed by atoms with van der Waals surface area (Å²) in [5, 5.41) is 9.88. The number of furan rings is 1. The number of aromatic hydroxyl groups is 1. The molecule has 1 aromatic carbocycles. The van der Waals surface area contributed by atoms with Crippen LogP contribution in [0.1, 0.15) is 10.4 Å². The molecule has 3 rings (SSSR count). The Balaban J connectivity index is 1.67. The fourth-order valence-electron chi connectivity index (χ4n) is 2.50. The molecular formula is C15H15BrN2O3. The van der Waals surface area contributed by atoms with Crippen LogP contribution < -0.4 is 4.90 Å². The lowest BCUT2D eigenvalue weighted by Crippen LogP contribution is -2.48. The van der Waals surface area contributed by atoms with Crippen molar-refractivity contribution in [3.63, 3.8) is 0 Å². The molecule has 1 aliphatic rings. The Morgan fingerprint density at radius 3 is 2.48 bits per heavy atom. The van der Waals surface area contributed by atoms with E-state index in [-0.39, 0.29) is 11.7 Å². The summed E-state index contributed by atoms with van der Waals surface area (Å²) in [6, 6.07) is 8.93. The summed E-state index contributed by atoms with van der Waals surface area (Å²) in [4.78, 5) is 16.2.